The van der Waals surface area contributed by atoms with E-state index in [0.717, 1.165) is 11.1 Å². The van der Waals surface area contributed by atoms with Crippen LogP contribution in [0.3, 0.4) is 0 Å². The number of alkyl carbamates (subject to hydrolysis) is 1. The number of amides is 2. The van der Waals surface area contributed by atoms with Crippen molar-refractivity contribution in [2.24, 2.45) is 11.8 Å². The van der Waals surface area contributed by atoms with Crippen LogP contribution in [-0.2, 0) is 15.1 Å². The molecule has 7 nitrogen and oxygen atoms in total. The molecule has 0 bridgehead atoms. The van der Waals surface area contributed by atoms with E-state index in [0.29, 0.717) is 5.02 Å². The minimum atomic E-state index is -1.13. The first-order valence-corrected chi connectivity index (χ1v) is 10.6. The number of aliphatic hydroxyl groups is 2. The molecule has 0 aliphatic carbocycles. The lowest BCUT2D eigenvalue weighted by Crippen LogP contribution is -2.60. The zero-order valence-electron chi connectivity index (χ0n) is 18.5. The van der Waals surface area contributed by atoms with Crippen molar-refractivity contribution in [1.82, 2.24) is 10.2 Å². The summed E-state index contributed by atoms with van der Waals surface area (Å²) in [5.41, 5.74) is -0.152. The van der Waals surface area contributed by atoms with E-state index in [-0.39, 0.29) is 24.9 Å². The minimum Gasteiger partial charge on any atom is -0.444 e. The number of carbonyl (C=O) groups is 2. The molecule has 0 saturated carbocycles. The van der Waals surface area contributed by atoms with Gasteiger partial charge in [-0.3, -0.25) is 4.79 Å². The molecular weight excluding hydrogens is 408 g/mol. The maximum absolute atomic E-state index is 13.0. The Morgan fingerprint density at radius 3 is 2.33 bits per heavy atom. The second-order valence-corrected chi connectivity index (χ2v) is 9.65. The highest BCUT2D eigenvalue weighted by Crippen LogP contribution is 2.43. The average Bonchev–Trinajstić information content (AvgIpc) is 2.61. The molecule has 168 valence electrons. The summed E-state index contributed by atoms with van der Waals surface area (Å²) in [7, 11) is 0. The second-order valence-electron chi connectivity index (χ2n) is 9.21. The van der Waals surface area contributed by atoms with Crippen LogP contribution in [0.2, 0.25) is 5.02 Å². The van der Waals surface area contributed by atoms with Gasteiger partial charge in [-0.25, -0.2) is 4.79 Å². The fourth-order valence-corrected chi connectivity index (χ4v) is 4.37. The lowest BCUT2D eigenvalue weighted by molar-refractivity contribution is -0.151. The Bertz CT molecular complexity index is 780. The standard InChI is InChI=1S/C22H33ClN2O5/c1-13-9-16(23)7-8-17(13)22(29)14(2)10-25(11-15(22)3)19(27)18(12-26)24-20(28)30-21(4,5)6/h7-9,14-15,18,26,29H,10-12H2,1-6H3,(H,24,28)/t14-,15+,18-,22?/m1/s1. The zero-order valence-corrected chi connectivity index (χ0v) is 19.3. The van der Waals surface area contributed by atoms with Crippen LogP contribution in [0.1, 0.15) is 45.7 Å². The van der Waals surface area contributed by atoms with E-state index in [1.807, 2.05) is 32.9 Å². The van der Waals surface area contributed by atoms with Gasteiger partial charge in [0.15, 0.2) is 0 Å². The summed E-state index contributed by atoms with van der Waals surface area (Å²) in [5.74, 6) is -0.950. The van der Waals surface area contributed by atoms with Crippen molar-refractivity contribution in [3.63, 3.8) is 0 Å². The van der Waals surface area contributed by atoms with Gasteiger partial charge >= 0.3 is 6.09 Å². The van der Waals surface area contributed by atoms with Crippen molar-refractivity contribution in [1.29, 1.82) is 0 Å². The van der Waals surface area contributed by atoms with E-state index in [1.165, 1.54) is 0 Å². The molecule has 2 rings (SSSR count). The summed E-state index contributed by atoms with van der Waals surface area (Å²) in [6.45, 7) is 10.9. The Morgan fingerprint density at radius 2 is 1.87 bits per heavy atom. The molecule has 0 aromatic heterocycles. The van der Waals surface area contributed by atoms with Gasteiger partial charge in [0.2, 0.25) is 5.91 Å². The maximum atomic E-state index is 13.0. The third kappa shape index (κ3) is 5.25. The van der Waals surface area contributed by atoms with Crippen molar-refractivity contribution < 1.29 is 24.5 Å². The van der Waals surface area contributed by atoms with Crippen LogP contribution in [0.15, 0.2) is 18.2 Å². The number of nitrogens with one attached hydrogen (secondary N) is 1. The largest absolute Gasteiger partial charge is 0.444 e. The average molecular weight is 441 g/mol. The van der Waals surface area contributed by atoms with Gasteiger partial charge in [-0.05, 0) is 51.0 Å². The van der Waals surface area contributed by atoms with E-state index < -0.39 is 35.9 Å². The van der Waals surface area contributed by atoms with Crippen LogP contribution in [-0.4, -0.2) is 58.5 Å². The number of piperidine rings is 1. The van der Waals surface area contributed by atoms with E-state index in [4.69, 9.17) is 16.3 Å². The van der Waals surface area contributed by atoms with Crippen LogP contribution in [0.4, 0.5) is 4.79 Å². The second kappa shape index (κ2) is 9.12. The summed E-state index contributed by atoms with van der Waals surface area (Å²) in [6, 6.07) is 4.30. The summed E-state index contributed by atoms with van der Waals surface area (Å²) in [4.78, 5) is 26.6. The first kappa shape index (κ1) is 24.4. The smallest absolute Gasteiger partial charge is 0.408 e. The van der Waals surface area contributed by atoms with Gasteiger partial charge in [0.1, 0.15) is 11.6 Å². The highest BCUT2D eigenvalue weighted by Gasteiger charge is 2.48. The van der Waals surface area contributed by atoms with Crippen LogP contribution >= 0.6 is 11.6 Å². The minimum absolute atomic E-state index is 0.272. The number of benzene rings is 1. The molecule has 1 aromatic carbocycles. The number of halogens is 1. The van der Waals surface area contributed by atoms with Crippen LogP contribution in [0.25, 0.3) is 0 Å². The van der Waals surface area contributed by atoms with Crippen LogP contribution < -0.4 is 5.32 Å². The molecule has 8 heteroatoms. The highest BCUT2D eigenvalue weighted by atomic mass is 35.5. The number of hydrogen-bond donors (Lipinski definition) is 3. The normalized spacial score (nSPS) is 25.6. The van der Waals surface area contributed by atoms with Crippen molar-refractivity contribution in [2.45, 2.75) is 58.8 Å². The van der Waals surface area contributed by atoms with Gasteiger partial charge in [0.05, 0.1) is 12.2 Å². The van der Waals surface area contributed by atoms with Gasteiger partial charge in [-0.15, -0.1) is 0 Å². The highest BCUT2D eigenvalue weighted by molar-refractivity contribution is 6.30. The number of ether oxygens (including phenoxy) is 1. The lowest BCUT2D eigenvalue weighted by Gasteiger charge is -2.49. The van der Waals surface area contributed by atoms with E-state index in [1.54, 1.807) is 31.7 Å². The van der Waals surface area contributed by atoms with Crippen molar-refractivity contribution in [2.75, 3.05) is 19.7 Å². The van der Waals surface area contributed by atoms with E-state index in [9.17, 15) is 19.8 Å². The third-order valence-corrected chi connectivity index (χ3v) is 5.83. The van der Waals surface area contributed by atoms with Crippen molar-refractivity contribution >= 4 is 23.6 Å². The Hall–Kier alpha value is -1.83. The molecule has 3 N–H and O–H groups in total. The maximum Gasteiger partial charge on any atom is 0.408 e. The molecule has 1 aliphatic heterocycles. The van der Waals surface area contributed by atoms with Gasteiger partial charge < -0.3 is 25.2 Å². The number of hydrogen-bond acceptors (Lipinski definition) is 5. The Labute approximate surface area is 183 Å². The fourth-order valence-electron chi connectivity index (χ4n) is 4.14. The molecule has 30 heavy (non-hydrogen) atoms. The monoisotopic (exact) mass is 440 g/mol. The third-order valence-electron chi connectivity index (χ3n) is 5.59. The van der Waals surface area contributed by atoms with Gasteiger partial charge in [-0.2, -0.15) is 0 Å². The van der Waals surface area contributed by atoms with Gasteiger partial charge in [0, 0.05) is 29.9 Å². The number of likely N-dealkylation sites (tertiary alicyclic amines) is 1. The number of aliphatic hydroxyl groups excluding tert-OH is 1. The van der Waals surface area contributed by atoms with Crippen molar-refractivity contribution in [3.8, 4) is 0 Å². The van der Waals surface area contributed by atoms with Gasteiger partial charge in [-0.1, -0.05) is 31.5 Å². The Kier molecular flexibility index (Phi) is 7.43. The molecule has 1 fully saturated rings. The molecule has 0 spiro atoms. The fraction of sp³-hybridized carbons (Fsp3) is 0.636. The van der Waals surface area contributed by atoms with E-state index in [2.05, 4.69) is 5.32 Å². The molecule has 4 atom stereocenters. The zero-order chi connectivity index (χ0) is 22.9. The molecule has 1 aromatic rings. The number of nitrogens with zero attached hydrogens (tertiary/aromatic N) is 1. The van der Waals surface area contributed by atoms with Crippen molar-refractivity contribution in [3.05, 3.63) is 34.3 Å². The molecule has 2 amide bonds. The number of aryl methyl sites for hydroxylation is 1. The Balaban J connectivity index is 2.17. The summed E-state index contributed by atoms with van der Waals surface area (Å²) in [5, 5.41) is 24.3. The first-order valence-electron chi connectivity index (χ1n) is 10.2. The predicted octanol–water partition coefficient (Wildman–Crippen LogP) is 2.84. The molecule has 1 saturated heterocycles. The first-order chi connectivity index (χ1) is 13.8. The predicted molar refractivity (Wildman–Crippen MR) is 115 cm³/mol. The van der Waals surface area contributed by atoms with Crippen LogP contribution in [0.5, 0.6) is 0 Å². The lowest BCUT2D eigenvalue weighted by atomic mass is 9.69. The molecular formula is C22H33ClN2O5. The summed E-state index contributed by atoms with van der Waals surface area (Å²) in [6.07, 6.45) is -0.763. The number of rotatable bonds is 4. The SMILES string of the molecule is Cc1cc(Cl)ccc1C1(O)[C@H](C)CN(C(=O)[C@@H](CO)NC(=O)OC(C)(C)C)C[C@@H]1C. The number of carbonyl (C=O) groups excluding carboxylic acids is 2. The van der Waals surface area contributed by atoms with E-state index >= 15 is 0 Å². The van der Waals surface area contributed by atoms with Crippen LogP contribution in [0, 0.1) is 18.8 Å². The Morgan fingerprint density at radius 1 is 1.30 bits per heavy atom. The summed E-state index contributed by atoms with van der Waals surface area (Å²) >= 11 is 6.07. The summed E-state index contributed by atoms with van der Waals surface area (Å²) < 4.78 is 5.18. The molecule has 1 aliphatic rings. The molecule has 1 unspecified atom stereocenters. The molecule has 1 heterocycles. The van der Waals surface area contributed by atoms with Gasteiger partial charge in [0.25, 0.3) is 0 Å². The molecule has 0 radical (unpaired) electrons. The quantitative estimate of drug-likeness (QED) is 0.668. The topological polar surface area (TPSA) is 99.1 Å².